The number of hydrogen-bond donors (Lipinski definition) is 1. The summed E-state index contributed by atoms with van der Waals surface area (Å²) < 4.78 is 12.7. The fourth-order valence-corrected chi connectivity index (χ4v) is 1.84. The molecule has 0 amide bonds. The molecular formula is C14H22FN. The maximum absolute atomic E-state index is 12.7. The minimum absolute atomic E-state index is 0.0576. The molecule has 0 spiro atoms. The van der Waals surface area contributed by atoms with E-state index in [1.165, 1.54) is 44.2 Å². The van der Waals surface area contributed by atoms with Crippen LogP contribution in [0.3, 0.4) is 0 Å². The van der Waals surface area contributed by atoms with Gasteiger partial charge in [0.15, 0.2) is 0 Å². The van der Waals surface area contributed by atoms with E-state index >= 15 is 0 Å². The second-order valence-corrected chi connectivity index (χ2v) is 4.36. The van der Waals surface area contributed by atoms with Crippen LogP contribution in [0, 0.1) is 5.82 Å². The topological polar surface area (TPSA) is 26.0 Å². The van der Waals surface area contributed by atoms with Crippen LogP contribution in [0.5, 0.6) is 0 Å². The molecule has 1 rings (SSSR count). The standard InChI is InChI=1S/C14H22FN/c1-2-3-4-5-6-7-14(16)12-8-10-13(15)11-9-12/h8-11,14H,2-7,16H2,1H3. The molecule has 0 saturated carbocycles. The van der Waals surface area contributed by atoms with Crippen molar-refractivity contribution < 1.29 is 4.39 Å². The van der Waals surface area contributed by atoms with E-state index in [1.54, 1.807) is 12.1 Å². The fraction of sp³-hybridized carbons (Fsp3) is 0.571. The summed E-state index contributed by atoms with van der Waals surface area (Å²) >= 11 is 0. The third-order valence-electron chi connectivity index (χ3n) is 2.92. The van der Waals surface area contributed by atoms with Crippen LogP contribution in [0.1, 0.15) is 57.1 Å². The second-order valence-electron chi connectivity index (χ2n) is 4.36. The largest absolute Gasteiger partial charge is 0.324 e. The highest BCUT2D eigenvalue weighted by Gasteiger charge is 2.05. The van der Waals surface area contributed by atoms with Crippen molar-refractivity contribution in [2.45, 2.75) is 51.5 Å². The van der Waals surface area contributed by atoms with Crippen molar-refractivity contribution in [3.05, 3.63) is 35.6 Å². The Kier molecular flexibility index (Phi) is 6.09. The Morgan fingerprint density at radius 1 is 1.06 bits per heavy atom. The molecule has 16 heavy (non-hydrogen) atoms. The van der Waals surface area contributed by atoms with Gasteiger partial charge in [-0.3, -0.25) is 0 Å². The molecule has 0 fully saturated rings. The zero-order valence-corrected chi connectivity index (χ0v) is 10.1. The SMILES string of the molecule is CCCCCCCC(N)c1ccc(F)cc1. The molecule has 0 aromatic heterocycles. The molecule has 0 aliphatic heterocycles. The highest BCUT2D eigenvalue weighted by Crippen LogP contribution is 2.18. The third kappa shape index (κ3) is 4.75. The van der Waals surface area contributed by atoms with Gasteiger partial charge >= 0.3 is 0 Å². The lowest BCUT2D eigenvalue weighted by molar-refractivity contribution is 0.554. The van der Waals surface area contributed by atoms with Crippen molar-refractivity contribution in [3.63, 3.8) is 0 Å². The number of unbranched alkanes of at least 4 members (excludes halogenated alkanes) is 4. The summed E-state index contributed by atoms with van der Waals surface area (Å²) in [7, 11) is 0. The third-order valence-corrected chi connectivity index (χ3v) is 2.92. The molecule has 0 bridgehead atoms. The molecular weight excluding hydrogens is 201 g/mol. The monoisotopic (exact) mass is 223 g/mol. The second kappa shape index (κ2) is 7.39. The van der Waals surface area contributed by atoms with E-state index in [0.29, 0.717) is 0 Å². The fourth-order valence-electron chi connectivity index (χ4n) is 1.84. The highest BCUT2D eigenvalue weighted by atomic mass is 19.1. The van der Waals surface area contributed by atoms with Crippen molar-refractivity contribution in [3.8, 4) is 0 Å². The van der Waals surface area contributed by atoms with Gasteiger partial charge in [-0.15, -0.1) is 0 Å². The number of halogens is 1. The minimum atomic E-state index is -0.195. The number of rotatable bonds is 7. The molecule has 0 aliphatic rings. The predicted molar refractivity (Wildman–Crippen MR) is 66.7 cm³/mol. The summed E-state index contributed by atoms with van der Waals surface area (Å²) in [6.07, 6.45) is 7.29. The number of hydrogen-bond acceptors (Lipinski definition) is 1. The average Bonchev–Trinajstić information content (AvgIpc) is 2.29. The van der Waals surface area contributed by atoms with Gasteiger partial charge in [0.1, 0.15) is 5.82 Å². The molecule has 0 saturated heterocycles. The van der Waals surface area contributed by atoms with Gasteiger partial charge in [-0.25, -0.2) is 4.39 Å². The van der Waals surface area contributed by atoms with E-state index in [-0.39, 0.29) is 11.9 Å². The molecule has 90 valence electrons. The van der Waals surface area contributed by atoms with E-state index in [9.17, 15) is 4.39 Å². The van der Waals surface area contributed by atoms with Gasteiger partial charge in [0.2, 0.25) is 0 Å². The Morgan fingerprint density at radius 2 is 1.69 bits per heavy atom. The lowest BCUT2D eigenvalue weighted by atomic mass is 10.0. The van der Waals surface area contributed by atoms with Crippen LogP contribution in [0.2, 0.25) is 0 Å². The molecule has 1 aromatic carbocycles. The zero-order chi connectivity index (χ0) is 11.8. The molecule has 1 nitrogen and oxygen atoms in total. The maximum Gasteiger partial charge on any atom is 0.123 e. The first-order chi connectivity index (χ1) is 7.74. The molecule has 1 atom stereocenters. The van der Waals surface area contributed by atoms with Crippen LogP contribution in [0.4, 0.5) is 4.39 Å². The molecule has 1 unspecified atom stereocenters. The van der Waals surface area contributed by atoms with E-state index in [4.69, 9.17) is 5.73 Å². The summed E-state index contributed by atoms with van der Waals surface area (Å²) in [5, 5.41) is 0. The summed E-state index contributed by atoms with van der Waals surface area (Å²) in [4.78, 5) is 0. The Bertz CT molecular complexity index is 281. The van der Waals surface area contributed by atoms with Crippen molar-refractivity contribution in [2.24, 2.45) is 5.73 Å². The van der Waals surface area contributed by atoms with Crippen molar-refractivity contribution >= 4 is 0 Å². The first kappa shape index (κ1) is 13.2. The van der Waals surface area contributed by atoms with E-state index in [0.717, 1.165) is 12.0 Å². The Morgan fingerprint density at radius 3 is 2.31 bits per heavy atom. The molecule has 1 aromatic rings. The lowest BCUT2D eigenvalue weighted by Crippen LogP contribution is -2.09. The summed E-state index contributed by atoms with van der Waals surface area (Å²) in [6, 6.07) is 6.58. The normalized spacial score (nSPS) is 12.7. The van der Waals surface area contributed by atoms with E-state index < -0.39 is 0 Å². The quantitative estimate of drug-likeness (QED) is 0.689. The van der Waals surface area contributed by atoms with Crippen LogP contribution in [-0.4, -0.2) is 0 Å². The molecule has 0 heterocycles. The van der Waals surface area contributed by atoms with Gasteiger partial charge in [0, 0.05) is 6.04 Å². The van der Waals surface area contributed by atoms with Crippen molar-refractivity contribution in [1.82, 2.24) is 0 Å². The summed E-state index contributed by atoms with van der Waals surface area (Å²) in [5.74, 6) is -0.195. The number of benzene rings is 1. The molecule has 2 heteroatoms. The van der Waals surface area contributed by atoms with Crippen molar-refractivity contribution in [1.29, 1.82) is 0 Å². The zero-order valence-electron chi connectivity index (χ0n) is 10.1. The lowest BCUT2D eigenvalue weighted by Gasteiger charge is -2.11. The molecule has 2 N–H and O–H groups in total. The van der Waals surface area contributed by atoms with Crippen LogP contribution in [0.25, 0.3) is 0 Å². The minimum Gasteiger partial charge on any atom is -0.324 e. The summed E-state index contributed by atoms with van der Waals surface area (Å²) in [5.41, 5.74) is 7.08. The van der Waals surface area contributed by atoms with Gasteiger partial charge in [0.25, 0.3) is 0 Å². The van der Waals surface area contributed by atoms with Crippen molar-refractivity contribution in [2.75, 3.05) is 0 Å². The van der Waals surface area contributed by atoms with Crippen LogP contribution in [0.15, 0.2) is 24.3 Å². The average molecular weight is 223 g/mol. The molecule has 0 aliphatic carbocycles. The Balaban J connectivity index is 2.24. The van der Waals surface area contributed by atoms with Crippen LogP contribution >= 0.6 is 0 Å². The van der Waals surface area contributed by atoms with Crippen LogP contribution in [-0.2, 0) is 0 Å². The van der Waals surface area contributed by atoms with Gasteiger partial charge in [-0.1, -0.05) is 51.2 Å². The Labute approximate surface area is 97.9 Å². The van der Waals surface area contributed by atoms with Gasteiger partial charge in [-0.2, -0.15) is 0 Å². The van der Waals surface area contributed by atoms with E-state index in [2.05, 4.69) is 6.92 Å². The summed E-state index contributed by atoms with van der Waals surface area (Å²) in [6.45, 7) is 2.21. The number of nitrogens with two attached hydrogens (primary N) is 1. The predicted octanol–water partition coefficient (Wildman–Crippen LogP) is 4.19. The van der Waals surface area contributed by atoms with Gasteiger partial charge in [-0.05, 0) is 24.1 Å². The maximum atomic E-state index is 12.7. The first-order valence-corrected chi connectivity index (χ1v) is 6.25. The van der Waals surface area contributed by atoms with Crippen LogP contribution < -0.4 is 5.73 Å². The van der Waals surface area contributed by atoms with Gasteiger partial charge in [0.05, 0.1) is 0 Å². The molecule has 0 radical (unpaired) electrons. The van der Waals surface area contributed by atoms with E-state index in [1.807, 2.05) is 0 Å². The highest BCUT2D eigenvalue weighted by molar-refractivity contribution is 5.19. The first-order valence-electron chi connectivity index (χ1n) is 6.25. The smallest absolute Gasteiger partial charge is 0.123 e. The van der Waals surface area contributed by atoms with Gasteiger partial charge < -0.3 is 5.73 Å². The Hall–Kier alpha value is -0.890.